The standard InChI is InChI=1S/C20H36N6O/c1-15-16(2)21-20(23(3)4)22-19(15)26-12-17(18(13-26)14-27)11-25-8-6-7-24(5)9-10-25/h17-18,27H,6-14H2,1-5H3/t17-,18-/m1/s1. The quantitative estimate of drug-likeness (QED) is 0.817. The summed E-state index contributed by atoms with van der Waals surface area (Å²) in [5.41, 5.74) is 2.18. The fourth-order valence-corrected chi connectivity index (χ4v) is 4.25. The van der Waals surface area contributed by atoms with Gasteiger partial charge >= 0.3 is 0 Å². The topological polar surface area (TPSA) is 59.0 Å². The van der Waals surface area contributed by atoms with Crippen molar-refractivity contribution in [2.45, 2.75) is 20.3 Å². The van der Waals surface area contributed by atoms with E-state index in [0.29, 0.717) is 11.8 Å². The molecule has 2 aliphatic heterocycles. The molecule has 2 fully saturated rings. The zero-order chi connectivity index (χ0) is 19.6. The molecule has 0 spiro atoms. The van der Waals surface area contributed by atoms with Crippen LogP contribution in [0.4, 0.5) is 11.8 Å². The van der Waals surface area contributed by atoms with Gasteiger partial charge in [0.05, 0.1) is 0 Å². The van der Waals surface area contributed by atoms with Crippen LogP contribution in [-0.2, 0) is 0 Å². The highest BCUT2D eigenvalue weighted by Gasteiger charge is 2.35. The lowest BCUT2D eigenvalue weighted by molar-refractivity contribution is 0.165. The number of anilines is 2. The van der Waals surface area contributed by atoms with E-state index in [9.17, 15) is 5.11 Å². The summed E-state index contributed by atoms with van der Waals surface area (Å²) in [4.78, 5) is 18.8. The van der Waals surface area contributed by atoms with Crippen LogP contribution in [-0.4, -0.2) is 98.4 Å². The first kappa shape index (κ1) is 20.3. The van der Waals surface area contributed by atoms with Crippen molar-refractivity contribution in [1.82, 2.24) is 19.8 Å². The van der Waals surface area contributed by atoms with Gasteiger partial charge in [0.25, 0.3) is 0 Å². The highest BCUT2D eigenvalue weighted by Crippen LogP contribution is 2.31. The molecule has 7 heteroatoms. The van der Waals surface area contributed by atoms with Gasteiger partial charge in [-0.25, -0.2) is 4.98 Å². The van der Waals surface area contributed by atoms with Crippen molar-refractivity contribution in [2.75, 3.05) is 83.4 Å². The third-order valence-corrected chi connectivity index (χ3v) is 6.17. The van der Waals surface area contributed by atoms with Gasteiger partial charge in [-0.1, -0.05) is 0 Å². The summed E-state index contributed by atoms with van der Waals surface area (Å²) < 4.78 is 0. The summed E-state index contributed by atoms with van der Waals surface area (Å²) in [6, 6.07) is 0. The van der Waals surface area contributed by atoms with Gasteiger partial charge in [-0.05, 0) is 46.3 Å². The Balaban J connectivity index is 1.74. The minimum atomic E-state index is 0.249. The summed E-state index contributed by atoms with van der Waals surface area (Å²) >= 11 is 0. The van der Waals surface area contributed by atoms with Crippen LogP contribution in [0, 0.1) is 25.7 Å². The van der Waals surface area contributed by atoms with Crippen molar-refractivity contribution in [1.29, 1.82) is 0 Å². The van der Waals surface area contributed by atoms with E-state index in [4.69, 9.17) is 4.98 Å². The lowest BCUT2D eigenvalue weighted by Gasteiger charge is -2.26. The molecule has 7 nitrogen and oxygen atoms in total. The van der Waals surface area contributed by atoms with E-state index < -0.39 is 0 Å². The Kier molecular flexibility index (Phi) is 6.55. The number of hydrogen-bond acceptors (Lipinski definition) is 7. The predicted molar refractivity (Wildman–Crippen MR) is 111 cm³/mol. The van der Waals surface area contributed by atoms with Crippen LogP contribution in [0.3, 0.4) is 0 Å². The summed E-state index contributed by atoms with van der Waals surface area (Å²) in [7, 11) is 6.17. The third kappa shape index (κ3) is 4.70. The first-order chi connectivity index (χ1) is 12.9. The van der Waals surface area contributed by atoms with E-state index in [1.54, 1.807) is 0 Å². The lowest BCUT2D eigenvalue weighted by atomic mass is 9.96. The van der Waals surface area contributed by atoms with Crippen molar-refractivity contribution in [3.8, 4) is 0 Å². The molecule has 1 N–H and O–H groups in total. The Labute approximate surface area is 164 Å². The third-order valence-electron chi connectivity index (χ3n) is 6.17. The summed E-state index contributed by atoms with van der Waals surface area (Å²) in [5, 5.41) is 10.0. The molecule has 0 unspecified atom stereocenters. The van der Waals surface area contributed by atoms with Crippen molar-refractivity contribution in [3.63, 3.8) is 0 Å². The molecule has 27 heavy (non-hydrogen) atoms. The van der Waals surface area contributed by atoms with Crippen molar-refractivity contribution in [2.24, 2.45) is 11.8 Å². The Bertz CT molecular complexity index is 637. The van der Waals surface area contributed by atoms with Crippen molar-refractivity contribution >= 4 is 11.8 Å². The van der Waals surface area contributed by atoms with Crippen LogP contribution >= 0.6 is 0 Å². The largest absolute Gasteiger partial charge is 0.396 e. The van der Waals surface area contributed by atoms with Gasteiger partial charge in [0.1, 0.15) is 5.82 Å². The van der Waals surface area contributed by atoms with Gasteiger partial charge < -0.3 is 24.7 Å². The summed E-state index contributed by atoms with van der Waals surface area (Å²) in [6.45, 7) is 11.9. The molecule has 1 aromatic heterocycles. The number of hydrogen-bond donors (Lipinski definition) is 1. The Hall–Kier alpha value is -1.44. The molecule has 1 aromatic rings. The van der Waals surface area contributed by atoms with Crippen LogP contribution < -0.4 is 9.80 Å². The van der Waals surface area contributed by atoms with Crippen LogP contribution in [0.2, 0.25) is 0 Å². The normalized spacial score (nSPS) is 25.0. The number of aliphatic hydroxyl groups excluding tert-OH is 1. The van der Waals surface area contributed by atoms with E-state index in [-0.39, 0.29) is 6.61 Å². The van der Waals surface area contributed by atoms with Crippen LogP contribution in [0.1, 0.15) is 17.7 Å². The molecule has 0 aromatic carbocycles. The molecular weight excluding hydrogens is 340 g/mol. The molecule has 2 atom stereocenters. The first-order valence-electron chi connectivity index (χ1n) is 10.2. The van der Waals surface area contributed by atoms with E-state index in [1.165, 1.54) is 13.0 Å². The minimum Gasteiger partial charge on any atom is -0.396 e. The number of aryl methyl sites for hydroxylation is 1. The fourth-order valence-electron chi connectivity index (χ4n) is 4.25. The second-order valence-electron chi connectivity index (χ2n) is 8.52. The maximum Gasteiger partial charge on any atom is 0.227 e. The summed E-state index contributed by atoms with van der Waals surface area (Å²) in [5.74, 6) is 2.58. The van der Waals surface area contributed by atoms with E-state index in [2.05, 4.69) is 40.6 Å². The number of aliphatic hydroxyl groups is 1. The summed E-state index contributed by atoms with van der Waals surface area (Å²) in [6.07, 6.45) is 1.23. The number of likely N-dealkylation sites (N-methyl/N-ethyl adjacent to an activating group) is 1. The molecule has 0 amide bonds. The zero-order valence-corrected chi connectivity index (χ0v) is 17.6. The molecule has 2 saturated heterocycles. The highest BCUT2D eigenvalue weighted by atomic mass is 16.3. The molecular formula is C20H36N6O. The SMILES string of the molecule is Cc1nc(N(C)C)nc(N2C[C@@H](CN3CCCN(C)CC3)[C@@H](CO)C2)c1C. The van der Waals surface area contributed by atoms with Gasteiger partial charge in [0.15, 0.2) is 0 Å². The monoisotopic (exact) mass is 376 g/mol. The van der Waals surface area contributed by atoms with Crippen LogP contribution in [0.25, 0.3) is 0 Å². The molecule has 0 bridgehead atoms. The van der Waals surface area contributed by atoms with E-state index in [1.807, 2.05) is 19.0 Å². The fraction of sp³-hybridized carbons (Fsp3) is 0.800. The van der Waals surface area contributed by atoms with Crippen molar-refractivity contribution in [3.05, 3.63) is 11.3 Å². The van der Waals surface area contributed by atoms with E-state index in [0.717, 1.165) is 62.3 Å². The maximum absolute atomic E-state index is 10.0. The average Bonchev–Trinajstić information content (AvgIpc) is 2.92. The Morgan fingerprint density at radius 2 is 1.78 bits per heavy atom. The van der Waals surface area contributed by atoms with Gasteiger partial charge in [0.2, 0.25) is 5.95 Å². The molecule has 152 valence electrons. The molecule has 3 rings (SSSR count). The smallest absolute Gasteiger partial charge is 0.227 e. The second-order valence-corrected chi connectivity index (χ2v) is 8.52. The van der Waals surface area contributed by atoms with E-state index >= 15 is 0 Å². The second kappa shape index (κ2) is 8.71. The first-order valence-corrected chi connectivity index (χ1v) is 10.2. The van der Waals surface area contributed by atoms with Gasteiger partial charge in [-0.15, -0.1) is 0 Å². The van der Waals surface area contributed by atoms with Gasteiger partial charge in [0, 0.05) is 70.6 Å². The molecule has 0 aliphatic carbocycles. The molecule has 3 heterocycles. The number of nitrogens with zero attached hydrogens (tertiary/aromatic N) is 6. The Morgan fingerprint density at radius 3 is 2.48 bits per heavy atom. The maximum atomic E-state index is 10.0. The molecule has 0 saturated carbocycles. The molecule has 0 radical (unpaired) electrons. The van der Waals surface area contributed by atoms with Gasteiger partial charge in [-0.3, -0.25) is 0 Å². The molecule has 2 aliphatic rings. The Morgan fingerprint density at radius 1 is 1.04 bits per heavy atom. The number of aromatic nitrogens is 2. The lowest BCUT2D eigenvalue weighted by Crippen LogP contribution is -2.36. The highest BCUT2D eigenvalue weighted by molar-refractivity contribution is 5.53. The number of rotatable bonds is 5. The van der Waals surface area contributed by atoms with Crippen molar-refractivity contribution < 1.29 is 5.11 Å². The minimum absolute atomic E-state index is 0.249. The van der Waals surface area contributed by atoms with Crippen LogP contribution in [0.15, 0.2) is 0 Å². The predicted octanol–water partition coefficient (Wildman–Crippen LogP) is 0.842. The zero-order valence-electron chi connectivity index (χ0n) is 17.6. The van der Waals surface area contributed by atoms with Crippen LogP contribution in [0.5, 0.6) is 0 Å². The average molecular weight is 377 g/mol. The van der Waals surface area contributed by atoms with Gasteiger partial charge in [-0.2, -0.15) is 4.98 Å².